The summed E-state index contributed by atoms with van der Waals surface area (Å²) >= 11 is 11.8. The van der Waals surface area contributed by atoms with E-state index >= 15 is 0 Å². The maximum absolute atomic E-state index is 13.0. The molecule has 0 aliphatic carbocycles. The summed E-state index contributed by atoms with van der Waals surface area (Å²) in [6.07, 6.45) is 5.53. The molecule has 0 spiro atoms. The normalized spacial score (nSPS) is 11.3. The Bertz CT molecular complexity index is 870. The molecule has 3 rings (SSSR count). The number of carbonyl (C=O) groups is 1. The average Bonchev–Trinajstić information content (AvgIpc) is 2.62. The quantitative estimate of drug-likeness (QED) is 0.360. The molecule has 0 bridgehead atoms. The van der Waals surface area contributed by atoms with Crippen molar-refractivity contribution in [2.45, 2.75) is 0 Å². The highest BCUT2D eigenvalue weighted by Gasteiger charge is 2.21. The van der Waals surface area contributed by atoms with E-state index in [4.69, 9.17) is 23.2 Å². The van der Waals surface area contributed by atoms with Crippen LogP contribution in [0.4, 0.5) is 0 Å². The minimum atomic E-state index is -0.0854. The average molecular weight is 355 g/mol. The van der Waals surface area contributed by atoms with Crippen LogP contribution in [-0.2, 0) is 0 Å². The first-order chi connectivity index (χ1) is 11.6. The Labute approximate surface area is 150 Å². The molecule has 2 nitrogen and oxygen atoms in total. The molecule has 0 unspecified atom stereocenters. The molecule has 1 heterocycles. The Balaban J connectivity index is 2.06. The number of halogens is 2. The number of nitrogens with zero attached hydrogens (tertiary/aromatic N) is 1. The maximum atomic E-state index is 13.0. The summed E-state index contributed by atoms with van der Waals surface area (Å²) < 4.78 is 1.80. The van der Waals surface area contributed by atoms with Gasteiger partial charge in [0.1, 0.15) is 0 Å². The Morgan fingerprint density at radius 1 is 0.792 bits per heavy atom. The van der Waals surface area contributed by atoms with E-state index in [0.29, 0.717) is 21.3 Å². The minimum Gasteiger partial charge on any atom is -0.282 e. The van der Waals surface area contributed by atoms with Gasteiger partial charge in [-0.1, -0.05) is 41.4 Å². The van der Waals surface area contributed by atoms with E-state index in [0.717, 1.165) is 5.56 Å². The van der Waals surface area contributed by atoms with Crippen LogP contribution in [0.15, 0.2) is 79.1 Å². The molecular formula is C20H14Cl2NO+. The minimum absolute atomic E-state index is 0.0854. The molecule has 24 heavy (non-hydrogen) atoms. The van der Waals surface area contributed by atoms with Crippen molar-refractivity contribution in [3.05, 3.63) is 100 Å². The molecule has 0 amide bonds. The Kier molecular flexibility index (Phi) is 5.09. The summed E-state index contributed by atoms with van der Waals surface area (Å²) in [5.74, 6) is -0.0854. The molecule has 4 heteroatoms. The topological polar surface area (TPSA) is 20.9 Å². The van der Waals surface area contributed by atoms with Gasteiger partial charge in [0.2, 0.25) is 0 Å². The molecule has 0 saturated carbocycles. The van der Waals surface area contributed by atoms with Crippen molar-refractivity contribution in [3.8, 4) is 0 Å². The van der Waals surface area contributed by atoms with Crippen LogP contribution in [0, 0.1) is 0 Å². The second-order valence-electron chi connectivity index (χ2n) is 5.20. The summed E-state index contributed by atoms with van der Waals surface area (Å²) in [7, 11) is 0. The largest absolute Gasteiger partial charge is 0.282 e. The van der Waals surface area contributed by atoms with Gasteiger partial charge in [-0.15, -0.1) is 0 Å². The summed E-state index contributed by atoms with van der Waals surface area (Å²) in [5.41, 5.74) is 2.02. The van der Waals surface area contributed by atoms with E-state index in [1.165, 1.54) is 0 Å². The van der Waals surface area contributed by atoms with E-state index < -0.39 is 0 Å². The Morgan fingerprint density at radius 3 is 1.92 bits per heavy atom. The van der Waals surface area contributed by atoms with Crippen LogP contribution >= 0.6 is 23.2 Å². The summed E-state index contributed by atoms with van der Waals surface area (Å²) in [6, 6.07) is 19.9. The van der Waals surface area contributed by atoms with Crippen molar-refractivity contribution in [1.82, 2.24) is 0 Å². The molecule has 0 atom stereocenters. The van der Waals surface area contributed by atoms with Crippen molar-refractivity contribution in [3.63, 3.8) is 0 Å². The zero-order valence-electron chi connectivity index (χ0n) is 12.7. The number of hydrogen-bond donors (Lipinski definition) is 0. The van der Waals surface area contributed by atoms with Gasteiger partial charge in [-0.2, -0.15) is 4.57 Å². The lowest BCUT2D eigenvalue weighted by atomic mass is 10.1. The molecule has 0 aliphatic heterocycles. The van der Waals surface area contributed by atoms with Gasteiger partial charge < -0.3 is 0 Å². The van der Waals surface area contributed by atoms with Crippen LogP contribution in [0.5, 0.6) is 0 Å². The Morgan fingerprint density at radius 2 is 1.33 bits per heavy atom. The van der Waals surface area contributed by atoms with Gasteiger partial charge in [-0.05, 0) is 42.0 Å². The molecule has 2 aromatic carbocycles. The standard InChI is InChI=1S/C20H14Cl2NO/c21-17-8-4-15(5-9-17)14-19(23-12-2-1-3-13-23)20(24)16-6-10-18(22)11-7-16/h1-14H/q+1. The molecule has 0 radical (unpaired) electrons. The van der Waals surface area contributed by atoms with Crippen molar-refractivity contribution in [2.75, 3.05) is 0 Å². The predicted octanol–water partition coefficient (Wildman–Crippen LogP) is 5.16. The fourth-order valence-corrected chi connectivity index (χ4v) is 2.53. The van der Waals surface area contributed by atoms with Gasteiger partial charge in [-0.3, -0.25) is 4.79 Å². The van der Waals surface area contributed by atoms with Crippen LogP contribution in [-0.4, -0.2) is 5.78 Å². The van der Waals surface area contributed by atoms with E-state index in [2.05, 4.69) is 0 Å². The monoisotopic (exact) mass is 354 g/mol. The zero-order chi connectivity index (χ0) is 16.9. The van der Waals surface area contributed by atoms with Gasteiger partial charge in [0.05, 0.1) is 0 Å². The second kappa shape index (κ2) is 7.43. The second-order valence-corrected chi connectivity index (χ2v) is 6.07. The number of ketones is 1. The summed E-state index contributed by atoms with van der Waals surface area (Å²) in [5, 5.41) is 1.26. The lowest BCUT2D eigenvalue weighted by Crippen LogP contribution is -2.35. The van der Waals surface area contributed by atoms with Crippen molar-refractivity contribution in [1.29, 1.82) is 0 Å². The third-order valence-corrected chi connectivity index (χ3v) is 4.01. The smallest absolute Gasteiger partial charge is 0.259 e. The van der Waals surface area contributed by atoms with Gasteiger partial charge >= 0.3 is 0 Å². The number of hydrogen-bond acceptors (Lipinski definition) is 1. The number of benzene rings is 2. The lowest BCUT2D eigenvalue weighted by Gasteiger charge is -2.03. The van der Waals surface area contributed by atoms with Gasteiger partial charge in [0, 0.05) is 33.8 Å². The van der Waals surface area contributed by atoms with Crippen molar-refractivity contribution in [2.24, 2.45) is 0 Å². The third kappa shape index (κ3) is 3.91. The van der Waals surface area contributed by atoms with Crippen LogP contribution < -0.4 is 4.57 Å². The summed E-state index contributed by atoms with van der Waals surface area (Å²) in [4.78, 5) is 13.0. The van der Waals surface area contributed by atoms with Gasteiger partial charge in [0.15, 0.2) is 12.4 Å². The number of pyridine rings is 1. The molecular weight excluding hydrogens is 341 g/mol. The number of Topliss-reactive ketones (excluding diaryl/α,β-unsaturated/α-hetero) is 1. The fourth-order valence-electron chi connectivity index (χ4n) is 2.28. The van der Waals surface area contributed by atoms with Crippen LogP contribution in [0.3, 0.4) is 0 Å². The van der Waals surface area contributed by atoms with E-state index in [1.54, 1.807) is 41.0 Å². The SMILES string of the molecule is O=C(C(=Cc1ccc(Cl)cc1)[n+]1ccccc1)c1ccc(Cl)cc1. The fraction of sp³-hybridized carbons (Fsp3) is 0. The number of rotatable bonds is 4. The lowest BCUT2D eigenvalue weighted by molar-refractivity contribution is -0.575. The van der Waals surface area contributed by atoms with E-state index in [1.807, 2.05) is 48.8 Å². The molecule has 118 valence electrons. The molecule has 0 aliphatic rings. The highest BCUT2D eigenvalue weighted by atomic mass is 35.5. The first kappa shape index (κ1) is 16.4. The number of carbonyl (C=O) groups excluding carboxylic acids is 1. The van der Waals surface area contributed by atoms with Gasteiger partial charge in [0.25, 0.3) is 11.5 Å². The van der Waals surface area contributed by atoms with Gasteiger partial charge in [-0.25, -0.2) is 0 Å². The van der Waals surface area contributed by atoms with Crippen LogP contribution in [0.2, 0.25) is 10.0 Å². The Hall–Kier alpha value is -2.42. The van der Waals surface area contributed by atoms with E-state index in [-0.39, 0.29) is 5.78 Å². The zero-order valence-corrected chi connectivity index (χ0v) is 14.2. The number of aromatic nitrogens is 1. The third-order valence-electron chi connectivity index (χ3n) is 3.51. The maximum Gasteiger partial charge on any atom is 0.259 e. The van der Waals surface area contributed by atoms with Crippen molar-refractivity contribution >= 4 is 40.8 Å². The van der Waals surface area contributed by atoms with E-state index in [9.17, 15) is 4.79 Å². The predicted molar refractivity (Wildman–Crippen MR) is 98.0 cm³/mol. The highest BCUT2D eigenvalue weighted by molar-refractivity contribution is 6.31. The van der Waals surface area contributed by atoms with Crippen LogP contribution in [0.1, 0.15) is 15.9 Å². The van der Waals surface area contributed by atoms with Crippen molar-refractivity contribution < 1.29 is 9.36 Å². The highest BCUT2D eigenvalue weighted by Crippen LogP contribution is 2.17. The molecule has 0 N–H and O–H groups in total. The number of allylic oxidation sites excluding steroid dienone is 1. The molecule has 0 fully saturated rings. The van der Waals surface area contributed by atoms with Crippen LogP contribution in [0.25, 0.3) is 11.8 Å². The molecule has 1 aromatic heterocycles. The first-order valence-corrected chi connectivity index (χ1v) is 8.13. The first-order valence-electron chi connectivity index (χ1n) is 7.38. The molecule has 0 saturated heterocycles. The molecule has 3 aromatic rings. The summed E-state index contributed by atoms with van der Waals surface area (Å²) in [6.45, 7) is 0.